The molecule has 1 aromatic heterocycles. The molecule has 0 radical (unpaired) electrons. The van der Waals surface area contributed by atoms with E-state index in [1.807, 2.05) is 24.4 Å². The third-order valence-corrected chi connectivity index (χ3v) is 4.39. The van der Waals surface area contributed by atoms with Gasteiger partial charge in [-0.2, -0.15) is 0 Å². The van der Waals surface area contributed by atoms with Crippen LogP contribution in [0.5, 0.6) is 5.75 Å². The predicted octanol–water partition coefficient (Wildman–Crippen LogP) is 4.16. The lowest BCUT2D eigenvalue weighted by molar-refractivity contribution is 0.100. The van der Waals surface area contributed by atoms with Crippen LogP contribution in [0.1, 0.15) is 39.5 Å². The molecule has 2 N–H and O–H groups in total. The lowest BCUT2D eigenvalue weighted by Crippen LogP contribution is -2.28. The van der Waals surface area contributed by atoms with Crippen LogP contribution in [-0.4, -0.2) is 11.1 Å². The summed E-state index contributed by atoms with van der Waals surface area (Å²) < 4.78 is 6.23. The number of nitrogen functional groups attached to an aromatic ring is 1. The van der Waals surface area contributed by atoms with Crippen molar-refractivity contribution in [1.29, 1.82) is 0 Å². The van der Waals surface area contributed by atoms with Crippen LogP contribution in [0.3, 0.4) is 0 Å². The molecule has 106 valence electrons. The molecular weight excluding hydrogens is 248 g/mol. The number of fused-ring (bicyclic) bond motifs is 1. The SMILES string of the molecule is CC1(C)CCC(Oc2ccc(N)c3cnccc23)CC1. The standard InChI is InChI=1S/C17H22N2O/c1-17(2)8-5-12(6-9-17)20-16-4-3-15(18)14-11-19-10-7-13(14)16/h3-4,7,10-12H,5-6,8-9,18H2,1-2H3. The zero-order chi connectivity index (χ0) is 14.2. The van der Waals surface area contributed by atoms with E-state index in [9.17, 15) is 0 Å². The number of pyridine rings is 1. The van der Waals surface area contributed by atoms with Gasteiger partial charge in [-0.15, -0.1) is 0 Å². The fourth-order valence-electron chi connectivity index (χ4n) is 2.96. The Bertz CT molecular complexity index is 611. The van der Waals surface area contributed by atoms with E-state index in [1.165, 1.54) is 12.8 Å². The highest BCUT2D eigenvalue weighted by Crippen LogP contribution is 2.38. The van der Waals surface area contributed by atoms with Gasteiger partial charge in [0.15, 0.2) is 0 Å². The third kappa shape index (κ3) is 2.58. The van der Waals surface area contributed by atoms with E-state index in [1.54, 1.807) is 6.20 Å². The summed E-state index contributed by atoms with van der Waals surface area (Å²) in [5, 5.41) is 2.03. The van der Waals surface area contributed by atoms with Gasteiger partial charge in [0.2, 0.25) is 0 Å². The molecule has 20 heavy (non-hydrogen) atoms. The van der Waals surface area contributed by atoms with Gasteiger partial charge in [-0.1, -0.05) is 13.8 Å². The summed E-state index contributed by atoms with van der Waals surface area (Å²) in [6.45, 7) is 4.68. The minimum absolute atomic E-state index is 0.322. The first kappa shape index (κ1) is 13.2. The van der Waals surface area contributed by atoms with Crippen molar-refractivity contribution in [3.63, 3.8) is 0 Å². The molecule has 1 heterocycles. The molecule has 3 heteroatoms. The zero-order valence-electron chi connectivity index (χ0n) is 12.2. The molecule has 0 unspecified atom stereocenters. The van der Waals surface area contributed by atoms with Crippen LogP contribution in [-0.2, 0) is 0 Å². The molecule has 0 bridgehead atoms. The molecule has 0 saturated heterocycles. The van der Waals surface area contributed by atoms with Gasteiger partial charge < -0.3 is 10.5 Å². The summed E-state index contributed by atoms with van der Waals surface area (Å²) in [5.74, 6) is 0.932. The van der Waals surface area contributed by atoms with Gasteiger partial charge in [-0.05, 0) is 49.3 Å². The van der Waals surface area contributed by atoms with Crippen LogP contribution in [0, 0.1) is 5.41 Å². The first-order valence-corrected chi connectivity index (χ1v) is 7.34. The Morgan fingerprint density at radius 3 is 2.65 bits per heavy atom. The Balaban J connectivity index is 1.83. The minimum Gasteiger partial charge on any atom is -0.490 e. The Hall–Kier alpha value is -1.77. The highest BCUT2D eigenvalue weighted by atomic mass is 16.5. The quantitative estimate of drug-likeness (QED) is 0.833. The molecule has 3 nitrogen and oxygen atoms in total. The van der Waals surface area contributed by atoms with Crippen LogP contribution in [0.4, 0.5) is 5.69 Å². The number of hydrogen-bond acceptors (Lipinski definition) is 3. The molecule has 1 fully saturated rings. The zero-order valence-corrected chi connectivity index (χ0v) is 12.2. The fourth-order valence-corrected chi connectivity index (χ4v) is 2.96. The molecule has 0 amide bonds. The lowest BCUT2D eigenvalue weighted by atomic mass is 9.76. The van der Waals surface area contributed by atoms with E-state index in [-0.39, 0.29) is 0 Å². The molecule has 1 aliphatic rings. The number of ether oxygens (including phenoxy) is 1. The second kappa shape index (κ2) is 4.97. The van der Waals surface area contributed by atoms with E-state index >= 15 is 0 Å². The summed E-state index contributed by atoms with van der Waals surface area (Å²) >= 11 is 0. The van der Waals surface area contributed by atoms with Crippen molar-refractivity contribution in [1.82, 2.24) is 4.98 Å². The van der Waals surface area contributed by atoms with Gasteiger partial charge in [0.1, 0.15) is 5.75 Å². The minimum atomic E-state index is 0.322. The van der Waals surface area contributed by atoms with Gasteiger partial charge in [-0.3, -0.25) is 4.98 Å². The number of nitrogens with two attached hydrogens (primary N) is 1. The van der Waals surface area contributed by atoms with Crippen molar-refractivity contribution >= 4 is 16.5 Å². The molecule has 0 aliphatic heterocycles. The van der Waals surface area contributed by atoms with Crippen molar-refractivity contribution < 1.29 is 4.74 Å². The van der Waals surface area contributed by atoms with Crippen LogP contribution >= 0.6 is 0 Å². The summed E-state index contributed by atoms with van der Waals surface area (Å²) in [7, 11) is 0. The second-order valence-corrected chi connectivity index (χ2v) is 6.56. The third-order valence-electron chi connectivity index (χ3n) is 4.39. The number of aromatic nitrogens is 1. The summed E-state index contributed by atoms with van der Waals surface area (Å²) in [4.78, 5) is 4.15. The summed E-state index contributed by atoms with van der Waals surface area (Å²) in [6.07, 6.45) is 8.63. The van der Waals surface area contributed by atoms with Crippen molar-refractivity contribution in [2.24, 2.45) is 5.41 Å². The molecule has 1 aromatic carbocycles. The number of nitrogens with zero attached hydrogens (tertiary/aromatic N) is 1. The van der Waals surface area contributed by atoms with E-state index < -0.39 is 0 Å². The van der Waals surface area contributed by atoms with Crippen molar-refractivity contribution in [3.8, 4) is 5.75 Å². The van der Waals surface area contributed by atoms with E-state index in [2.05, 4.69) is 18.8 Å². The number of benzene rings is 1. The second-order valence-electron chi connectivity index (χ2n) is 6.56. The largest absolute Gasteiger partial charge is 0.490 e. The van der Waals surface area contributed by atoms with E-state index in [4.69, 9.17) is 10.5 Å². The Labute approximate surface area is 120 Å². The predicted molar refractivity (Wildman–Crippen MR) is 82.8 cm³/mol. The van der Waals surface area contributed by atoms with E-state index in [0.717, 1.165) is 35.1 Å². The molecule has 0 atom stereocenters. The topological polar surface area (TPSA) is 48.1 Å². The maximum Gasteiger partial charge on any atom is 0.127 e. The van der Waals surface area contributed by atoms with Gasteiger partial charge in [0, 0.05) is 28.9 Å². The lowest BCUT2D eigenvalue weighted by Gasteiger charge is -2.34. The molecule has 1 saturated carbocycles. The molecule has 2 aromatic rings. The molecular formula is C17H22N2O. The van der Waals surface area contributed by atoms with Crippen molar-refractivity contribution in [3.05, 3.63) is 30.6 Å². The number of anilines is 1. The molecule has 1 aliphatic carbocycles. The van der Waals surface area contributed by atoms with Gasteiger partial charge in [-0.25, -0.2) is 0 Å². The number of rotatable bonds is 2. The normalized spacial score (nSPS) is 19.1. The van der Waals surface area contributed by atoms with Crippen molar-refractivity contribution in [2.75, 3.05) is 5.73 Å². The highest BCUT2D eigenvalue weighted by Gasteiger charge is 2.28. The first-order valence-electron chi connectivity index (χ1n) is 7.34. The monoisotopic (exact) mass is 270 g/mol. The molecule has 3 rings (SSSR count). The van der Waals surface area contributed by atoms with Crippen LogP contribution in [0.25, 0.3) is 10.8 Å². The van der Waals surface area contributed by atoms with E-state index in [0.29, 0.717) is 11.5 Å². The smallest absolute Gasteiger partial charge is 0.127 e. The average molecular weight is 270 g/mol. The van der Waals surface area contributed by atoms with Gasteiger partial charge >= 0.3 is 0 Å². The Morgan fingerprint density at radius 1 is 1.15 bits per heavy atom. The highest BCUT2D eigenvalue weighted by molar-refractivity contribution is 5.96. The average Bonchev–Trinajstić information content (AvgIpc) is 2.44. The number of hydrogen-bond donors (Lipinski definition) is 1. The van der Waals surface area contributed by atoms with Crippen LogP contribution in [0.2, 0.25) is 0 Å². The summed E-state index contributed by atoms with van der Waals surface area (Å²) in [5.41, 5.74) is 7.22. The van der Waals surface area contributed by atoms with Gasteiger partial charge in [0.25, 0.3) is 0 Å². The first-order chi connectivity index (χ1) is 9.55. The van der Waals surface area contributed by atoms with Crippen LogP contribution < -0.4 is 10.5 Å². The summed E-state index contributed by atoms with van der Waals surface area (Å²) in [6, 6.07) is 5.87. The van der Waals surface area contributed by atoms with Crippen molar-refractivity contribution in [2.45, 2.75) is 45.6 Å². The van der Waals surface area contributed by atoms with Crippen LogP contribution in [0.15, 0.2) is 30.6 Å². The fraction of sp³-hybridized carbons (Fsp3) is 0.471. The Kier molecular flexibility index (Phi) is 3.28. The molecule has 0 spiro atoms. The maximum absolute atomic E-state index is 6.23. The maximum atomic E-state index is 6.23. The Morgan fingerprint density at radius 2 is 1.90 bits per heavy atom. The van der Waals surface area contributed by atoms with Gasteiger partial charge in [0.05, 0.1) is 6.10 Å².